The standard InChI is InChI=1S/C24H31ClO5/c25-20-14-21(26)23(19(20)8-4-5-13-30-15-22(27)28)16-9-11-18(12-10-16)24(29)17-6-2-1-3-7-17/h9-12,17,19-21,23-24,26,29H,1-3,6-8,13-15H2,(H,27,28)/t19-,20-,21+,23+,24?/m0/s1. The quantitative estimate of drug-likeness (QED) is 0.344. The number of carboxylic acids is 1. The fourth-order valence-corrected chi connectivity index (χ4v) is 5.28. The fraction of sp³-hybridized carbons (Fsp3) is 0.625. The molecule has 0 aliphatic heterocycles. The summed E-state index contributed by atoms with van der Waals surface area (Å²) in [6, 6.07) is 7.96. The fourth-order valence-electron chi connectivity index (χ4n) is 4.85. The lowest BCUT2D eigenvalue weighted by Crippen LogP contribution is -2.19. The van der Waals surface area contributed by atoms with Gasteiger partial charge in [-0.15, -0.1) is 17.5 Å². The van der Waals surface area contributed by atoms with Crippen LogP contribution in [0.3, 0.4) is 0 Å². The Bertz CT molecular complexity index is 747. The molecule has 1 aromatic carbocycles. The maximum Gasteiger partial charge on any atom is 0.329 e. The van der Waals surface area contributed by atoms with Gasteiger partial charge in [-0.1, -0.05) is 49.4 Å². The van der Waals surface area contributed by atoms with Gasteiger partial charge in [0.05, 0.1) is 12.2 Å². The average Bonchev–Trinajstić information content (AvgIpc) is 3.03. The first-order valence-corrected chi connectivity index (χ1v) is 11.3. The van der Waals surface area contributed by atoms with Crippen molar-refractivity contribution < 1.29 is 24.9 Å². The van der Waals surface area contributed by atoms with E-state index in [0.29, 0.717) is 18.8 Å². The number of benzene rings is 1. The smallest absolute Gasteiger partial charge is 0.329 e. The number of aliphatic carboxylic acids is 1. The molecule has 2 aliphatic rings. The molecule has 6 heteroatoms. The topological polar surface area (TPSA) is 87.0 Å². The second-order valence-corrected chi connectivity index (χ2v) is 9.02. The zero-order valence-corrected chi connectivity index (χ0v) is 17.9. The highest BCUT2D eigenvalue weighted by Crippen LogP contribution is 2.44. The molecule has 30 heavy (non-hydrogen) atoms. The number of carboxylic acid groups (broad SMARTS) is 1. The van der Waals surface area contributed by atoms with Crippen LogP contribution >= 0.6 is 11.6 Å². The van der Waals surface area contributed by atoms with Crippen LogP contribution in [0.1, 0.15) is 68.1 Å². The Labute approximate surface area is 183 Å². The molecule has 2 saturated carbocycles. The van der Waals surface area contributed by atoms with Crippen LogP contribution in [0.15, 0.2) is 24.3 Å². The third-order valence-corrected chi connectivity index (χ3v) is 6.93. The number of hydrogen-bond acceptors (Lipinski definition) is 4. The number of carbonyl (C=O) groups is 1. The lowest BCUT2D eigenvalue weighted by Gasteiger charge is -2.27. The molecule has 5 atom stereocenters. The minimum absolute atomic E-state index is 0.00255. The van der Waals surface area contributed by atoms with E-state index in [4.69, 9.17) is 21.4 Å². The Morgan fingerprint density at radius 1 is 1.17 bits per heavy atom. The third-order valence-electron chi connectivity index (χ3n) is 6.43. The normalized spacial score (nSPS) is 28.0. The molecule has 1 unspecified atom stereocenters. The van der Waals surface area contributed by atoms with Crippen molar-refractivity contribution in [3.8, 4) is 11.8 Å². The molecule has 0 heterocycles. The maximum atomic E-state index is 10.7. The van der Waals surface area contributed by atoms with Crippen molar-refractivity contribution in [2.24, 2.45) is 11.8 Å². The van der Waals surface area contributed by atoms with E-state index in [2.05, 4.69) is 11.8 Å². The molecule has 2 aliphatic carbocycles. The van der Waals surface area contributed by atoms with E-state index in [1.807, 2.05) is 24.3 Å². The number of rotatable bonds is 7. The second-order valence-electron chi connectivity index (χ2n) is 8.46. The first-order valence-electron chi connectivity index (χ1n) is 10.8. The summed E-state index contributed by atoms with van der Waals surface area (Å²) in [7, 11) is 0. The van der Waals surface area contributed by atoms with Gasteiger partial charge in [-0.25, -0.2) is 4.79 Å². The van der Waals surface area contributed by atoms with Crippen LogP contribution in [-0.2, 0) is 9.53 Å². The molecule has 164 valence electrons. The first-order chi connectivity index (χ1) is 14.5. The number of ether oxygens (including phenoxy) is 1. The van der Waals surface area contributed by atoms with Gasteiger partial charge in [-0.3, -0.25) is 0 Å². The van der Waals surface area contributed by atoms with Crippen LogP contribution in [0, 0.1) is 23.7 Å². The summed E-state index contributed by atoms with van der Waals surface area (Å²) in [6.07, 6.45) is 5.86. The van der Waals surface area contributed by atoms with Gasteiger partial charge in [0.15, 0.2) is 0 Å². The van der Waals surface area contributed by atoms with Crippen molar-refractivity contribution >= 4 is 17.6 Å². The van der Waals surface area contributed by atoms with E-state index in [9.17, 15) is 15.0 Å². The minimum Gasteiger partial charge on any atom is -0.480 e. The Hall–Kier alpha value is -1.58. The number of aliphatic hydroxyl groups excluding tert-OH is 2. The maximum absolute atomic E-state index is 10.7. The summed E-state index contributed by atoms with van der Waals surface area (Å²) in [6.45, 7) is -0.302. The predicted molar refractivity (Wildman–Crippen MR) is 115 cm³/mol. The Kier molecular flexibility index (Phi) is 8.59. The summed E-state index contributed by atoms with van der Waals surface area (Å²) in [5, 5.41) is 29.7. The van der Waals surface area contributed by atoms with Gasteiger partial charge in [-0.2, -0.15) is 0 Å². The summed E-state index contributed by atoms with van der Waals surface area (Å²) in [4.78, 5) is 10.4. The number of hydrogen-bond donors (Lipinski definition) is 3. The number of aliphatic hydroxyl groups is 2. The molecule has 3 rings (SSSR count). The van der Waals surface area contributed by atoms with E-state index in [0.717, 1.165) is 24.0 Å². The lowest BCUT2D eigenvalue weighted by molar-refractivity contribution is -0.141. The van der Waals surface area contributed by atoms with Crippen molar-refractivity contribution in [3.05, 3.63) is 35.4 Å². The predicted octanol–water partition coefficient (Wildman–Crippen LogP) is 3.87. The Balaban J connectivity index is 1.63. The molecule has 0 saturated heterocycles. The zero-order chi connectivity index (χ0) is 21.5. The van der Waals surface area contributed by atoms with Crippen molar-refractivity contribution in [2.75, 3.05) is 13.2 Å². The van der Waals surface area contributed by atoms with Gasteiger partial charge >= 0.3 is 5.97 Å². The molecule has 2 fully saturated rings. The van der Waals surface area contributed by atoms with Crippen LogP contribution in [-0.4, -0.2) is 46.0 Å². The molecule has 3 N–H and O–H groups in total. The molecule has 0 spiro atoms. The van der Waals surface area contributed by atoms with Gasteiger partial charge in [0.2, 0.25) is 0 Å². The number of alkyl halides is 1. The van der Waals surface area contributed by atoms with Crippen molar-refractivity contribution in [3.63, 3.8) is 0 Å². The van der Waals surface area contributed by atoms with Gasteiger partial charge in [0.25, 0.3) is 0 Å². The Morgan fingerprint density at radius 3 is 2.53 bits per heavy atom. The van der Waals surface area contributed by atoms with E-state index >= 15 is 0 Å². The number of halogens is 1. The van der Waals surface area contributed by atoms with Gasteiger partial charge < -0.3 is 20.1 Å². The molecule has 0 radical (unpaired) electrons. The van der Waals surface area contributed by atoms with Crippen LogP contribution < -0.4 is 0 Å². The molecule has 0 aromatic heterocycles. The largest absolute Gasteiger partial charge is 0.480 e. The highest BCUT2D eigenvalue weighted by Gasteiger charge is 2.42. The van der Waals surface area contributed by atoms with Crippen molar-refractivity contribution in [1.29, 1.82) is 0 Å². The summed E-state index contributed by atoms with van der Waals surface area (Å²) >= 11 is 6.51. The van der Waals surface area contributed by atoms with E-state index in [1.165, 1.54) is 19.3 Å². The van der Waals surface area contributed by atoms with Gasteiger partial charge in [0, 0.05) is 17.7 Å². The SMILES string of the molecule is O=C(O)COCC#CC[C@@H]1[C@@H](c2ccc(C(O)C3CCCCC3)cc2)[C@H](O)C[C@@H]1Cl. The molecule has 1 aromatic rings. The molecule has 0 bridgehead atoms. The van der Waals surface area contributed by atoms with Crippen LogP contribution in [0.4, 0.5) is 0 Å². The van der Waals surface area contributed by atoms with Crippen molar-refractivity contribution in [1.82, 2.24) is 0 Å². The van der Waals surface area contributed by atoms with E-state index in [-0.39, 0.29) is 30.4 Å². The molecular weight excluding hydrogens is 404 g/mol. The lowest BCUT2D eigenvalue weighted by atomic mass is 9.81. The monoisotopic (exact) mass is 434 g/mol. The molecular formula is C24H31ClO5. The first kappa shape index (κ1) is 23.1. The highest BCUT2D eigenvalue weighted by atomic mass is 35.5. The van der Waals surface area contributed by atoms with E-state index in [1.54, 1.807) is 0 Å². The van der Waals surface area contributed by atoms with Crippen molar-refractivity contribution in [2.45, 2.75) is 68.4 Å². The average molecular weight is 435 g/mol. The third kappa shape index (κ3) is 5.98. The summed E-state index contributed by atoms with van der Waals surface area (Å²) in [5.41, 5.74) is 1.95. The second kappa shape index (κ2) is 11.2. The summed E-state index contributed by atoms with van der Waals surface area (Å²) in [5.74, 6) is 5.06. The zero-order valence-electron chi connectivity index (χ0n) is 17.2. The van der Waals surface area contributed by atoms with Crippen LogP contribution in [0.2, 0.25) is 0 Å². The Morgan fingerprint density at radius 2 is 1.87 bits per heavy atom. The van der Waals surface area contributed by atoms with Gasteiger partial charge in [0.1, 0.15) is 13.2 Å². The van der Waals surface area contributed by atoms with Crippen LogP contribution in [0.25, 0.3) is 0 Å². The van der Waals surface area contributed by atoms with E-state index < -0.39 is 18.2 Å². The van der Waals surface area contributed by atoms with Gasteiger partial charge in [-0.05, 0) is 42.2 Å². The molecule has 0 amide bonds. The van der Waals surface area contributed by atoms with Crippen LogP contribution in [0.5, 0.6) is 0 Å². The highest BCUT2D eigenvalue weighted by molar-refractivity contribution is 6.21. The molecule has 5 nitrogen and oxygen atoms in total. The minimum atomic E-state index is -1.02. The summed E-state index contributed by atoms with van der Waals surface area (Å²) < 4.78 is 4.93.